The van der Waals surface area contributed by atoms with Crippen molar-refractivity contribution in [3.05, 3.63) is 48.0 Å². The Bertz CT molecular complexity index is 661. The standard InChI is InChI=1S/C20H24/c1-19(2)15-11-12-20(19,3)18(13-15)17-10-6-8-14-7-4-5-9-16(14)17/h4-10,15,18H,11-13H2,1-3H3/t15?,18?,20-/m1/s1. The highest BCUT2D eigenvalue weighted by atomic mass is 14.7. The largest absolute Gasteiger partial charge is 0.0616 e. The van der Waals surface area contributed by atoms with Crippen LogP contribution in [-0.4, -0.2) is 0 Å². The smallest absolute Gasteiger partial charge is 0.00938 e. The van der Waals surface area contributed by atoms with E-state index >= 15 is 0 Å². The molecule has 4 rings (SSSR count). The van der Waals surface area contributed by atoms with E-state index in [2.05, 4.69) is 63.2 Å². The molecule has 0 nitrogen and oxygen atoms in total. The van der Waals surface area contributed by atoms with E-state index in [4.69, 9.17) is 0 Å². The highest BCUT2D eigenvalue weighted by Gasteiger charge is 2.61. The van der Waals surface area contributed by atoms with Crippen molar-refractivity contribution in [2.24, 2.45) is 16.7 Å². The van der Waals surface area contributed by atoms with Crippen LogP contribution in [0.4, 0.5) is 0 Å². The molecule has 0 heterocycles. The number of benzene rings is 2. The van der Waals surface area contributed by atoms with Crippen LogP contribution < -0.4 is 0 Å². The summed E-state index contributed by atoms with van der Waals surface area (Å²) < 4.78 is 0. The van der Waals surface area contributed by atoms with Crippen molar-refractivity contribution >= 4 is 10.8 Å². The Morgan fingerprint density at radius 1 is 0.950 bits per heavy atom. The van der Waals surface area contributed by atoms with Crippen LogP contribution >= 0.6 is 0 Å². The fourth-order valence-electron chi connectivity index (χ4n) is 5.23. The summed E-state index contributed by atoms with van der Waals surface area (Å²) in [6, 6.07) is 15.8. The predicted octanol–water partition coefficient (Wildman–Crippen LogP) is 5.77. The van der Waals surface area contributed by atoms with E-state index in [1.807, 2.05) is 0 Å². The van der Waals surface area contributed by atoms with Crippen molar-refractivity contribution in [2.75, 3.05) is 0 Å². The van der Waals surface area contributed by atoms with Crippen LogP contribution in [0.5, 0.6) is 0 Å². The van der Waals surface area contributed by atoms with E-state index in [-0.39, 0.29) is 0 Å². The minimum atomic E-state index is 0.474. The van der Waals surface area contributed by atoms with Gasteiger partial charge < -0.3 is 0 Å². The molecule has 0 spiro atoms. The maximum absolute atomic E-state index is 2.55. The molecule has 0 saturated heterocycles. The average molecular weight is 264 g/mol. The molecule has 2 unspecified atom stereocenters. The number of hydrogen-bond donors (Lipinski definition) is 0. The van der Waals surface area contributed by atoms with Gasteiger partial charge in [0.05, 0.1) is 0 Å². The lowest BCUT2D eigenvalue weighted by Gasteiger charge is -2.40. The second-order valence-corrected chi connectivity index (χ2v) is 7.73. The van der Waals surface area contributed by atoms with Gasteiger partial charge in [0.1, 0.15) is 0 Å². The van der Waals surface area contributed by atoms with Crippen LogP contribution in [0, 0.1) is 16.7 Å². The molecule has 0 heteroatoms. The van der Waals surface area contributed by atoms with Crippen LogP contribution in [0.1, 0.15) is 51.5 Å². The molecule has 0 N–H and O–H groups in total. The molecule has 2 fully saturated rings. The van der Waals surface area contributed by atoms with Crippen molar-refractivity contribution < 1.29 is 0 Å². The second-order valence-electron chi connectivity index (χ2n) is 7.73. The van der Waals surface area contributed by atoms with Gasteiger partial charge in [-0.25, -0.2) is 0 Å². The Morgan fingerprint density at radius 2 is 1.70 bits per heavy atom. The van der Waals surface area contributed by atoms with Crippen LogP contribution in [0.15, 0.2) is 42.5 Å². The van der Waals surface area contributed by atoms with Crippen LogP contribution in [0.3, 0.4) is 0 Å². The molecule has 0 radical (unpaired) electrons. The molecule has 2 aromatic carbocycles. The van der Waals surface area contributed by atoms with Crippen molar-refractivity contribution in [1.29, 1.82) is 0 Å². The van der Waals surface area contributed by atoms with Crippen LogP contribution in [0.2, 0.25) is 0 Å². The SMILES string of the molecule is CC1(C)C2CC[C@]1(C)C(c1cccc3ccccc13)C2. The fraction of sp³-hybridized carbons (Fsp3) is 0.500. The topological polar surface area (TPSA) is 0 Å². The highest BCUT2D eigenvalue weighted by molar-refractivity contribution is 5.86. The Balaban J connectivity index is 1.90. The van der Waals surface area contributed by atoms with E-state index < -0.39 is 0 Å². The van der Waals surface area contributed by atoms with Gasteiger partial charge in [-0.3, -0.25) is 0 Å². The molecule has 2 aromatic rings. The van der Waals surface area contributed by atoms with Gasteiger partial charge in [-0.05, 0) is 58.3 Å². The first-order chi connectivity index (χ1) is 9.54. The quantitative estimate of drug-likeness (QED) is 0.613. The highest BCUT2D eigenvalue weighted by Crippen LogP contribution is 2.71. The molecule has 0 amide bonds. The molecular formula is C20H24. The number of fused-ring (bicyclic) bond motifs is 3. The third-order valence-corrected chi connectivity index (χ3v) is 6.99. The van der Waals surface area contributed by atoms with Gasteiger partial charge in [-0.15, -0.1) is 0 Å². The minimum absolute atomic E-state index is 0.474. The van der Waals surface area contributed by atoms with Gasteiger partial charge in [-0.2, -0.15) is 0 Å². The van der Waals surface area contributed by atoms with Gasteiger partial charge in [0.15, 0.2) is 0 Å². The maximum Gasteiger partial charge on any atom is -0.00938 e. The Kier molecular flexibility index (Phi) is 2.41. The summed E-state index contributed by atoms with van der Waals surface area (Å²) >= 11 is 0. The van der Waals surface area contributed by atoms with E-state index in [9.17, 15) is 0 Å². The van der Waals surface area contributed by atoms with Crippen molar-refractivity contribution in [3.8, 4) is 0 Å². The lowest BCUT2D eigenvalue weighted by Crippen LogP contribution is -2.31. The molecular weight excluding hydrogens is 240 g/mol. The minimum Gasteiger partial charge on any atom is -0.0616 e. The first-order valence-electron chi connectivity index (χ1n) is 8.02. The lowest BCUT2D eigenvalue weighted by molar-refractivity contribution is 0.135. The zero-order chi connectivity index (χ0) is 14.0. The summed E-state index contributed by atoms with van der Waals surface area (Å²) in [5, 5.41) is 2.87. The number of hydrogen-bond acceptors (Lipinski definition) is 0. The summed E-state index contributed by atoms with van der Waals surface area (Å²) in [4.78, 5) is 0. The van der Waals surface area contributed by atoms with Crippen LogP contribution in [0.25, 0.3) is 10.8 Å². The number of rotatable bonds is 1. The molecule has 0 aliphatic heterocycles. The van der Waals surface area contributed by atoms with E-state index in [1.165, 1.54) is 30.0 Å². The molecule has 20 heavy (non-hydrogen) atoms. The summed E-state index contributed by atoms with van der Waals surface area (Å²) in [5.74, 6) is 1.65. The Hall–Kier alpha value is -1.30. The molecule has 2 aliphatic carbocycles. The average Bonchev–Trinajstić information content (AvgIpc) is 2.79. The molecule has 2 aliphatic rings. The Labute approximate surface area is 122 Å². The van der Waals surface area contributed by atoms with E-state index in [0.717, 1.165) is 11.8 Å². The third-order valence-electron chi connectivity index (χ3n) is 6.99. The molecule has 3 atom stereocenters. The normalized spacial score (nSPS) is 34.8. The summed E-state index contributed by atoms with van der Waals surface area (Å²) in [7, 11) is 0. The monoisotopic (exact) mass is 264 g/mol. The van der Waals surface area contributed by atoms with Gasteiger partial charge in [0, 0.05) is 0 Å². The predicted molar refractivity (Wildman–Crippen MR) is 85.9 cm³/mol. The maximum atomic E-state index is 2.55. The fourth-order valence-corrected chi connectivity index (χ4v) is 5.23. The molecule has 2 saturated carbocycles. The summed E-state index contributed by atoms with van der Waals surface area (Å²) in [6.45, 7) is 7.57. The van der Waals surface area contributed by atoms with Gasteiger partial charge in [0.2, 0.25) is 0 Å². The summed E-state index contributed by atoms with van der Waals surface area (Å²) in [6.07, 6.45) is 4.22. The first-order valence-corrected chi connectivity index (χ1v) is 8.02. The zero-order valence-corrected chi connectivity index (χ0v) is 12.8. The van der Waals surface area contributed by atoms with Gasteiger partial charge in [-0.1, -0.05) is 63.2 Å². The van der Waals surface area contributed by atoms with Crippen molar-refractivity contribution in [2.45, 2.75) is 46.0 Å². The Morgan fingerprint density at radius 3 is 2.40 bits per heavy atom. The van der Waals surface area contributed by atoms with Gasteiger partial charge >= 0.3 is 0 Å². The lowest BCUT2D eigenvalue weighted by atomic mass is 9.64. The van der Waals surface area contributed by atoms with Gasteiger partial charge in [0.25, 0.3) is 0 Å². The van der Waals surface area contributed by atoms with Crippen LogP contribution in [-0.2, 0) is 0 Å². The molecule has 0 aromatic heterocycles. The summed E-state index contributed by atoms with van der Waals surface area (Å²) in [5.41, 5.74) is 2.57. The molecule has 104 valence electrons. The van der Waals surface area contributed by atoms with E-state index in [1.54, 1.807) is 5.56 Å². The first kappa shape index (κ1) is 12.4. The zero-order valence-electron chi connectivity index (χ0n) is 12.8. The van der Waals surface area contributed by atoms with Crippen molar-refractivity contribution in [1.82, 2.24) is 0 Å². The van der Waals surface area contributed by atoms with E-state index in [0.29, 0.717) is 10.8 Å². The van der Waals surface area contributed by atoms with Crippen molar-refractivity contribution in [3.63, 3.8) is 0 Å². The second kappa shape index (κ2) is 3.87. The molecule has 2 bridgehead atoms. The third kappa shape index (κ3) is 1.38.